The van der Waals surface area contributed by atoms with Gasteiger partial charge in [0.2, 0.25) is 0 Å². The zero-order chi connectivity index (χ0) is 11.0. The van der Waals surface area contributed by atoms with E-state index in [0.29, 0.717) is 19.5 Å². The van der Waals surface area contributed by atoms with Crippen LogP contribution in [0.4, 0.5) is 4.79 Å². The first-order valence-electron chi connectivity index (χ1n) is 5.11. The first-order chi connectivity index (χ1) is 6.71. The molecule has 0 fully saturated rings. The van der Waals surface area contributed by atoms with Gasteiger partial charge in [0.05, 0.1) is 12.5 Å². The largest absolute Gasteiger partial charge is 0.325 e. The minimum Gasteiger partial charge on any atom is -0.325 e. The first kappa shape index (κ1) is 12.8. The van der Waals surface area contributed by atoms with Crippen LogP contribution in [0.2, 0.25) is 0 Å². The molecule has 0 radical (unpaired) electrons. The summed E-state index contributed by atoms with van der Waals surface area (Å²) in [5, 5.41) is 8.44. The van der Waals surface area contributed by atoms with Gasteiger partial charge in [0.25, 0.3) is 0 Å². The molecule has 0 N–H and O–H groups in total. The molecule has 0 aromatic heterocycles. The van der Waals surface area contributed by atoms with E-state index in [1.54, 1.807) is 9.80 Å². The van der Waals surface area contributed by atoms with Gasteiger partial charge in [-0.2, -0.15) is 5.26 Å². The van der Waals surface area contributed by atoms with Crippen LogP contribution in [-0.4, -0.2) is 42.0 Å². The Kier molecular flexibility index (Phi) is 6.55. The normalized spacial score (nSPS) is 9.29. The standard InChI is InChI=1S/C10H19N3O/c1-4-12(5-2)10(14)13(6-3)9-7-8-11/h4-7,9H2,1-3H3. The van der Waals surface area contributed by atoms with Gasteiger partial charge in [-0.25, -0.2) is 4.79 Å². The Balaban J connectivity index is 4.22. The molecule has 0 spiro atoms. The monoisotopic (exact) mass is 197 g/mol. The first-order valence-corrected chi connectivity index (χ1v) is 5.11. The number of nitrogens with zero attached hydrogens (tertiary/aromatic N) is 3. The van der Waals surface area contributed by atoms with Gasteiger partial charge in [0, 0.05) is 26.2 Å². The van der Waals surface area contributed by atoms with E-state index in [1.165, 1.54) is 0 Å². The lowest BCUT2D eigenvalue weighted by Gasteiger charge is -2.27. The minimum absolute atomic E-state index is 0.0350. The smallest absolute Gasteiger partial charge is 0.320 e. The van der Waals surface area contributed by atoms with Crippen molar-refractivity contribution in [2.24, 2.45) is 0 Å². The average Bonchev–Trinajstić information content (AvgIpc) is 2.21. The summed E-state index contributed by atoms with van der Waals surface area (Å²) >= 11 is 0. The minimum atomic E-state index is 0.0350. The van der Waals surface area contributed by atoms with Crippen molar-refractivity contribution in [3.8, 4) is 6.07 Å². The molecule has 0 unspecified atom stereocenters. The lowest BCUT2D eigenvalue weighted by atomic mass is 10.4. The molecule has 0 rings (SSSR count). The van der Waals surface area contributed by atoms with Crippen LogP contribution in [0.25, 0.3) is 0 Å². The lowest BCUT2D eigenvalue weighted by molar-refractivity contribution is 0.161. The molecule has 14 heavy (non-hydrogen) atoms. The molecule has 80 valence electrons. The molecule has 0 heterocycles. The number of carbonyl (C=O) groups is 1. The third kappa shape index (κ3) is 3.65. The molecule has 0 aliphatic carbocycles. The molecular weight excluding hydrogens is 178 g/mol. The maximum absolute atomic E-state index is 11.8. The van der Waals surface area contributed by atoms with Crippen LogP contribution in [-0.2, 0) is 0 Å². The molecule has 2 amide bonds. The van der Waals surface area contributed by atoms with E-state index in [2.05, 4.69) is 0 Å². The van der Waals surface area contributed by atoms with E-state index in [0.717, 1.165) is 13.1 Å². The number of hydrogen-bond donors (Lipinski definition) is 0. The summed E-state index contributed by atoms with van der Waals surface area (Å²) in [6.45, 7) is 8.48. The molecule has 0 atom stereocenters. The van der Waals surface area contributed by atoms with Gasteiger partial charge in [-0.05, 0) is 20.8 Å². The highest BCUT2D eigenvalue weighted by Gasteiger charge is 2.15. The van der Waals surface area contributed by atoms with Crippen molar-refractivity contribution in [1.82, 2.24) is 9.80 Å². The number of nitriles is 1. The molecule has 0 saturated carbocycles. The molecule has 4 nitrogen and oxygen atoms in total. The zero-order valence-electron chi connectivity index (χ0n) is 9.29. The summed E-state index contributed by atoms with van der Waals surface area (Å²) in [6, 6.07) is 2.08. The molecule has 0 aliphatic rings. The molecule has 0 aromatic carbocycles. The van der Waals surface area contributed by atoms with Gasteiger partial charge in [-0.1, -0.05) is 0 Å². The highest BCUT2D eigenvalue weighted by Crippen LogP contribution is 1.99. The van der Waals surface area contributed by atoms with Crippen LogP contribution in [0.15, 0.2) is 0 Å². The average molecular weight is 197 g/mol. The maximum Gasteiger partial charge on any atom is 0.320 e. The number of urea groups is 1. The van der Waals surface area contributed by atoms with Crippen LogP contribution in [0.1, 0.15) is 27.2 Å². The van der Waals surface area contributed by atoms with Crippen molar-refractivity contribution >= 4 is 6.03 Å². The predicted octanol–water partition coefficient (Wildman–Crippen LogP) is 1.68. The summed E-state index contributed by atoms with van der Waals surface area (Å²) in [5.41, 5.74) is 0. The van der Waals surface area contributed by atoms with Crippen molar-refractivity contribution in [1.29, 1.82) is 5.26 Å². The van der Waals surface area contributed by atoms with Crippen LogP contribution >= 0.6 is 0 Å². The number of rotatable bonds is 5. The van der Waals surface area contributed by atoms with Crippen LogP contribution in [0.3, 0.4) is 0 Å². The third-order valence-corrected chi connectivity index (χ3v) is 2.18. The van der Waals surface area contributed by atoms with Gasteiger partial charge >= 0.3 is 6.03 Å². The van der Waals surface area contributed by atoms with Gasteiger partial charge in [-0.15, -0.1) is 0 Å². The van der Waals surface area contributed by atoms with Crippen molar-refractivity contribution in [2.45, 2.75) is 27.2 Å². The Morgan fingerprint density at radius 1 is 1.14 bits per heavy atom. The third-order valence-electron chi connectivity index (χ3n) is 2.18. The van der Waals surface area contributed by atoms with Gasteiger partial charge in [0.15, 0.2) is 0 Å². The Bertz CT molecular complexity index is 206. The molecule has 4 heteroatoms. The number of amides is 2. The van der Waals surface area contributed by atoms with E-state index in [1.807, 2.05) is 26.8 Å². The van der Waals surface area contributed by atoms with Gasteiger partial charge in [0.1, 0.15) is 0 Å². The Labute approximate surface area is 86.1 Å². The fourth-order valence-corrected chi connectivity index (χ4v) is 1.27. The second-order valence-corrected chi connectivity index (χ2v) is 2.94. The van der Waals surface area contributed by atoms with Crippen molar-refractivity contribution in [3.63, 3.8) is 0 Å². The fourth-order valence-electron chi connectivity index (χ4n) is 1.27. The summed E-state index contributed by atoms with van der Waals surface area (Å²) in [6.07, 6.45) is 0.404. The number of hydrogen-bond acceptors (Lipinski definition) is 2. The second-order valence-electron chi connectivity index (χ2n) is 2.94. The Morgan fingerprint density at radius 2 is 1.64 bits per heavy atom. The Hall–Kier alpha value is -1.24. The van der Waals surface area contributed by atoms with E-state index >= 15 is 0 Å². The highest BCUT2D eigenvalue weighted by molar-refractivity contribution is 5.74. The van der Waals surface area contributed by atoms with Crippen LogP contribution < -0.4 is 0 Å². The van der Waals surface area contributed by atoms with Crippen molar-refractivity contribution in [3.05, 3.63) is 0 Å². The summed E-state index contributed by atoms with van der Waals surface area (Å²) < 4.78 is 0. The van der Waals surface area contributed by atoms with Gasteiger partial charge < -0.3 is 9.80 Å². The fraction of sp³-hybridized carbons (Fsp3) is 0.800. The molecule has 0 saturated heterocycles. The van der Waals surface area contributed by atoms with E-state index < -0.39 is 0 Å². The summed E-state index contributed by atoms with van der Waals surface area (Å²) in [4.78, 5) is 15.3. The highest BCUT2D eigenvalue weighted by atomic mass is 16.2. The maximum atomic E-state index is 11.8. The van der Waals surface area contributed by atoms with E-state index in [-0.39, 0.29) is 6.03 Å². The molecule has 0 aromatic rings. The summed E-state index contributed by atoms with van der Waals surface area (Å²) in [7, 11) is 0. The van der Waals surface area contributed by atoms with Crippen molar-refractivity contribution < 1.29 is 4.79 Å². The van der Waals surface area contributed by atoms with E-state index in [4.69, 9.17) is 5.26 Å². The lowest BCUT2D eigenvalue weighted by Crippen LogP contribution is -2.43. The topological polar surface area (TPSA) is 47.3 Å². The quantitative estimate of drug-likeness (QED) is 0.673. The molecule has 0 aliphatic heterocycles. The van der Waals surface area contributed by atoms with Crippen molar-refractivity contribution in [2.75, 3.05) is 26.2 Å². The van der Waals surface area contributed by atoms with Crippen LogP contribution in [0, 0.1) is 11.3 Å². The van der Waals surface area contributed by atoms with Gasteiger partial charge in [-0.3, -0.25) is 0 Å². The number of carbonyl (C=O) groups excluding carboxylic acids is 1. The SMILES string of the molecule is CCN(CC)C(=O)N(CC)CCC#N. The molecule has 0 bridgehead atoms. The second kappa shape index (κ2) is 7.19. The molecular formula is C10H19N3O. The van der Waals surface area contributed by atoms with E-state index in [9.17, 15) is 4.79 Å². The Morgan fingerprint density at radius 3 is 2.00 bits per heavy atom. The summed E-state index contributed by atoms with van der Waals surface area (Å²) in [5.74, 6) is 0. The van der Waals surface area contributed by atoms with Crippen LogP contribution in [0.5, 0.6) is 0 Å². The zero-order valence-corrected chi connectivity index (χ0v) is 9.29. The predicted molar refractivity (Wildman–Crippen MR) is 55.8 cm³/mol.